The van der Waals surface area contributed by atoms with Gasteiger partial charge in [0.25, 0.3) is 0 Å². The topological polar surface area (TPSA) is 56.5 Å². The van der Waals surface area contributed by atoms with E-state index in [1.165, 1.54) is 11.1 Å². The lowest BCUT2D eigenvalue weighted by Crippen LogP contribution is -2.12. The molecule has 148 valence electrons. The fraction of sp³-hybridized carbons (Fsp3) is 0.435. The molecule has 3 aromatic rings. The van der Waals surface area contributed by atoms with Gasteiger partial charge < -0.3 is 4.74 Å². The summed E-state index contributed by atoms with van der Waals surface area (Å²) >= 11 is 0. The summed E-state index contributed by atoms with van der Waals surface area (Å²) in [4.78, 5) is 17.2. The van der Waals surface area contributed by atoms with Crippen molar-refractivity contribution in [2.75, 3.05) is 6.61 Å². The van der Waals surface area contributed by atoms with Gasteiger partial charge in [-0.2, -0.15) is 5.10 Å². The first-order valence-corrected chi connectivity index (χ1v) is 9.93. The van der Waals surface area contributed by atoms with Gasteiger partial charge in [-0.25, -0.2) is 14.3 Å². The van der Waals surface area contributed by atoms with Gasteiger partial charge >= 0.3 is 5.97 Å². The standard InChI is InChI=1S/C23H29N3O2/c1-8-28-23(27)17-12-18(13(2)3)26-22(24-17)20(21(25-26)14(4)5)19-15(6)10-9-11-16(19)7/h9-14H,8H2,1-7H3. The van der Waals surface area contributed by atoms with E-state index in [0.717, 1.165) is 28.2 Å². The predicted molar refractivity (Wildman–Crippen MR) is 112 cm³/mol. The third kappa shape index (κ3) is 3.41. The van der Waals surface area contributed by atoms with Crippen LogP contribution in [-0.4, -0.2) is 27.2 Å². The Labute approximate surface area is 166 Å². The summed E-state index contributed by atoms with van der Waals surface area (Å²) in [5, 5.41) is 4.94. The van der Waals surface area contributed by atoms with Crippen molar-refractivity contribution in [1.82, 2.24) is 14.6 Å². The zero-order chi connectivity index (χ0) is 20.6. The monoisotopic (exact) mass is 379 g/mol. The number of aromatic nitrogens is 3. The van der Waals surface area contributed by atoms with Gasteiger partial charge in [0.1, 0.15) is 0 Å². The van der Waals surface area contributed by atoms with Crippen LogP contribution in [0.4, 0.5) is 0 Å². The van der Waals surface area contributed by atoms with Crippen LogP contribution < -0.4 is 0 Å². The van der Waals surface area contributed by atoms with Gasteiger partial charge in [-0.05, 0) is 55.4 Å². The van der Waals surface area contributed by atoms with Crippen molar-refractivity contribution in [2.45, 2.75) is 60.3 Å². The molecule has 1 aromatic carbocycles. The summed E-state index contributed by atoms with van der Waals surface area (Å²) in [5.41, 5.74) is 7.50. The summed E-state index contributed by atoms with van der Waals surface area (Å²) in [7, 11) is 0. The molecule has 2 aromatic heterocycles. The second kappa shape index (κ2) is 7.74. The highest BCUT2D eigenvalue weighted by atomic mass is 16.5. The molecule has 5 heteroatoms. The smallest absolute Gasteiger partial charge is 0.357 e. The Balaban J connectivity index is 2.45. The van der Waals surface area contributed by atoms with Gasteiger partial charge in [0, 0.05) is 5.69 Å². The minimum Gasteiger partial charge on any atom is -0.461 e. The van der Waals surface area contributed by atoms with E-state index in [-0.39, 0.29) is 11.8 Å². The summed E-state index contributed by atoms with van der Waals surface area (Å²) in [5.74, 6) is 0.0119. The molecule has 3 rings (SSSR count). The number of hydrogen-bond donors (Lipinski definition) is 0. The van der Waals surface area contributed by atoms with E-state index in [1.807, 2.05) is 4.52 Å². The van der Waals surface area contributed by atoms with Gasteiger partial charge in [-0.15, -0.1) is 0 Å². The van der Waals surface area contributed by atoms with Crippen LogP contribution in [0.15, 0.2) is 24.3 Å². The maximum absolute atomic E-state index is 12.5. The lowest BCUT2D eigenvalue weighted by atomic mass is 9.92. The number of ether oxygens (including phenoxy) is 1. The minimum absolute atomic E-state index is 0.185. The Morgan fingerprint density at radius 3 is 2.25 bits per heavy atom. The number of carbonyl (C=O) groups is 1. The van der Waals surface area contributed by atoms with Crippen molar-refractivity contribution < 1.29 is 9.53 Å². The molecule has 2 heterocycles. The molecule has 0 aliphatic rings. The van der Waals surface area contributed by atoms with Crippen molar-refractivity contribution in [3.05, 3.63) is 52.5 Å². The van der Waals surface area contributed by atoms with Crippen LogP contribution in [0.25, 0.3) is 16.8 Å². The molecule has 0 aliphatic carbocycles. The average molecular weight is 380 g/mol. The van der Waals surface area contributed by atoms with E-state index in [0.29, 0.717) is 12.3 Å². The lowest BCUT2D eigenvalue weighted by molar-refractivity contribution is 0.0519. The number of carbonyl (C=O) groups excluding carboxylic acids is 1. The van der Waals surface area contributed by atoms with E-state index < -0.39 is 5.97 Å². The van der Waals surface area contributed by atoms with Gasteiger partial charge in [-0.1, -0.05) is 45.9 Å². The molecule has 0 aliphatic heterocycles. The molecular formula is C23H29N3O2. The maximum atomic E-state index is 12.5. The van der Waals surface area contributed by atoms with E-state index in [1.54, 1.807) is 13.0 Å². The molecule has 0 N–H and O–H groups in total. The van der Waals surface area contributed by atoms with Crippen LogP contribution in [0, 0.1) is 13.8 Å². The first-order valence-electron chi connectivity index (χ1n) is 9.93. The highest BCUT2D eigenvalue weighted by Crippen LogP contribution is 2.37. The number of rotatable bonds is 5. The van der Waals surface area contributed by atoms with Crippen LogP contribution in [-0.2, 0) is 4.74 Å². The molecule has 0 radical (unpaired) electrons. The molecule has 0 atom stereocenters. The molecule has 28 heavy (non-hydrogen) atoms. The van der Waals surface area contributed by atoms with Crippen molar-refractivity contribution in [2.24, 2.45) is 0 Å². The predicted octanol–water partition coefficient (Wildman–Crippen LogP) is 5.44. The molecule has 5 nitrogen and oxygen atoms in total. The largest absolute Gasteiger partial charge is 0.461 e. The van der Waals surface area contributed by atoms with Gasteiger partial charge in [0.2, 0.25) is 0 Å². The number of hydrogen-bond acceptors (Lipinski definition) is 4. The molecule has 0 bridgehead atoms. The van der Waals surface area contributed by atoms with Crippen LogP contribution >= 0.6 is 0 Å². The van der Waals surface area contributed by atoms with Crippen molar-refractivity contribution in [3.8, 4) is 11.1 Å². The Bertz CT molecular complexity index is 1010. The maximum Gasteiger partial charge on any atom is 0.357 e. The summed E-state index contributed by atoms with van der Waals surface area (Å²) in [6.07, 6.45) is 0. The molecule has 0 fully saturated rings. The third-order valence-corrected chi connectivity index (χ3v) is 5.00. The van der Waals surface area contributed by atoms with Crippen LogP contribution in [0.5, 0.6) is 0 Å². The van der Waals surface area contributed by atoms with E-state index in [4.69, 9.17) is 14.8 Å². The van der Waals surface area contributed by atoms with Crippen LogP contribution in [0.2, 0.25) is 0 Å². The minimum atomic E-state index is -0.397. The van der Waals surface area contributed by atoms with Crippen molar-refractivity contribution >= 4 is 11.6 Å². The Hall–Kier alpha value is -2.69. The summed E-state index contributed by atoms with van der Waals surface area (Å²) in [6.45, 7) is 14.8. The van der Waals surface area contributed by atoms with Gasteiger partial charge in [0.15, 0.2) is 11.3 Å². The van der Waals surface area contributed by atoms with E-state index in [2.05, 4.69) is 59.7 Å². The van der Waals surface area contributed by atoms with Gasteiger partial charge in [-0.3, -0.25) is 0 Å². The normalized spacial score (nSPS) is 11.6. The Kier molecular flexibility index (Phi) is 5.54. The SMILES string of the molecule is CCOC(=O)c1cc(C(C)C)n2nc(C(C)C)c(-c3c(C)cccc3C)c2n1. The van der Waals surface area contributed by atoms with E-state index in [9.17, 15) is 4.79 Å². The average Bonchev–Trinajstić information content (AvgIpc) is 3.00. The second-order valence-corrected chi connectivity index (χ2v) is 7.86. The highest BCUT2D eigenvalue weighted by molar-refractivity contribution is 5.90. The lowest BCUT2D eigenvalue weighted by Gasteiger charge is -2.13. The molecule has 0 unspecified atom stereocenters. The Morgan fingerprint density at radius 2 is 1.71 bits per heavy atom. The number of benzene rings is 1. The number of fused-ring (bicyclic) bond motifs is 1. The van der Waals surface area contributed by atoms with Crippen LogP contribution in [0.3, 0.4) is 0 Å². The zero-order valence-electron chi connectivity index (χ0n) is 17.8. The molecular weight excluding hydrogens is 350 g/mol. The number of esters is 1. The second-order valence-electron chi connectivity index (χ2n) is 7.86. The fourth-order valence-electron chi connectivity index (χ4n) is 3.63. The summed E-state index contributed by atoms with van der Waals surface area (Å²) < 4.78 is 7.13. The quantitative estimate of drug-likeness (QED) is 0.554. The first kappa shape index (κ1) is 20.1. The molecule has 0 saturated heterocycles. The third-order valence-electron chi connectivity index (χ3n) is 5.00. The van der Waals surface area contributed by atoms with Crippen molar-refractivity contribution in [1.29, 1.82) is 0 Å². The zero-order valence-corrected chi connectivity index (χ0v) is 17.8. The van der Waals surface area contributed by atoms with Crippen molar-refractivity contribution in [3.63, 3.8) is 0 Å². The highest BCUT2D eigenvalue weighted by Gasteiger charge is 2.25. The first-order chi connectivity index (χ1) is 13.3. The van der Waals surface area contributed by atoms with E-state index >= 15 is 0 Å². The number of aryl methyl sites for hydroxylation is 2. The number of nitrogens with zero attached hydrogens (tertiary/aromatic N) is 3. The van der Waals surface area contributed by atoms with Crippen LogP contribution in [0.1, 0.15) is 79.5 Å². The molecule has 0 saturated carbocycles. The fourth-order valence-corrected chi connectivity index (χ4v) is 3.63. The molecule has 0 spiro atoms. The summed E-state index contributed by atoms with van der Waals surface area (Å²) in [6, 6.07) is 8.08. The Morgan fingerprint density at radius 1 is 1.07 bits per heavy atom. The van der Waals surface area contributed by atoms with Gasteiger partial charge in [0.05, 0.1) is 17.9 Å². The molecule has 0 amide bonds.